The van der Waals surface area contributed by atoms with Crippen molar-refractivity contribution in [2.75, 3.05) is 32.4 Å². The molecule has 1 fully saturated rings. The van der Waals surface area contributed by atoms with Gasteiger partial charge in [-0.2, -0.15) is 0 Å². The van der Waals surface area contributed by atoms with Crippen LogP contribution in [-0.2, 0) is 10.0 Å². The maximum absolute atomic E-state index is 12.0. The van der Waals surface area contributed by atoms with Gasteiger partial charge in [0.15, 0.2) is 5.96 Å². The second-order valence-electron chi connectivity index (χ2n) is 8.30. The Hall–Kier alpha value is -1.64. The topological polar surface area (TPSA) is 85.8 Å². The van der Waals surface area contributed by atoms with Crippen LogP contribution in [0.1, 0.15) is 52.1 Å². The van der Waals surface area contributed by atoms with Crippen molar-refractivity contribution in [3.8, 4) is 0 Å². The van der Waals surface area contributed by atoms with E-state index in [0.717, 1.165) is 18.8 Å². The predicted octanol–water partition coefficient (Wildman–Crippen LogP) is 2.09. The quantitative estimate of drug-likeness (QED) is 0.440. The molecule has 29 heavy (non-hydrogen) atoms. The van der Waals surface area contributed by atoms with Crippen molar-refractivity contribution in [1.29, 1.82) is 0 Å². The van der Waals surface area contributed by atoms with Crippen molar-refractivity contribution >= 4 is 16.0 Å². The fraction of sp³-hybridized carbons (Fsp3) is 0.667. The second-order valence-corrected chi connectivity index (χ2v) is 10.6. The number of hydrogen-bond acceptors (Lipinski definition) is 4. The molecule has 1 unspecified atom stereocenters. The molecule has 8 heteroatoms. The van der Waals surface area contributed by atoms with Gasteiger partial charge in [0.25, 0.3) is 0 Å². The van der Waals surface area contributed by atoms with Crippen LogP contribution >= 0.6 is 0 Å². The van der Waals surface area contributed by atoms with E-state index >= 15 is 0 Å². The van der Waals surface area contributed by atoms with E-state index in [1.54, 1.807) is 18.3 Å². The molecule has 164 valence electrons. The van der Waals surface area contributed by atoms with E-state index in [9.17, 15) is 8.42 Å². The van der Waals surface area contributed by atoms with Gasteiger partial charge in [-0.15, -0.1) is 0 Å². The van der Waals surface area contributed by atoms with E-state index in [-0.39, 0.29) is 23.4 Å². The molecule has 1 heterocycles. The lowest BCUT2D eigenvalue weighted by Gasteiger charge is -2.34. The zero-order valence-corrected chi connectivity index (χ0v) is 19.2. The van der Waals surface area contributed by atoms with Crippen molar-refractivity contribution < 1.29 is 8.42 Å². The highest BCUT2D eigenvalue weighted by molar-refractivity contribution is 7.89. The summed E-state index contributed by atoms with van der Waals surface area (Å²) in [6.07, 6.45) is 1.57. The molecule has 1 aromatic carbocycles. The van der Waals surface area contributed by atoms with Gasteiger partial charge in [0, 0.05) is 44.3 Å². The van der Waals surface area contributed by atoms with E-state index in [4.69, 9.17) is 0 Å². The zero-order valence-electron chi connectivity index (χ0n) is 18.4. The van der Waals surface area contributed by atoms with Gasteiger partial charge in [0.2, 0.25) is 10.0 Å². The molecule has 0 radical (unpaired) electrons. The summed E-state index contributed by atoms with van der Waals surface area (Å²) in [6, 6.07) is 10.9. The van der Waals surface area contributed by atoms with Gasteiger partial charge in [-0.25, -0.2) is 12.7 Å². The van der Waals surface area contributed by atoms with Crippen LogP contribution in [0.3, 0.4) is 0 Å². The van der Waals surface area contributed by atoms with Crippen molar-refractivity contribution in [1.82, 2.24) is 20.3 Å². The maximum Gasteiger partial charge on any atom is 0.213 e. The molecule has 1 aliphatic rings. The highest BCUT2D eigenvalue weighted by Gasteiger charge is 2.27. The molecule has 1 aliphatic heterocycles. The van der Waals surface area contributed by atoms with Crippen LogP contribution in [0.5, 0.6) is 0 Å². The number of rotatable bonds is 8. The van der Waals surface area contributed by atoms with E-state index in [1.165, 1.54) is 5.56 Å². The number of piperidine rings is 1. The summed E-state index contributed by atoms with van der Waals surface area (Å²) in [6.45, 7) is 10.0. The van der Waals surface area contributed by atoms with Crippen molar-refractivity contribution in [2.45, 2.75) is 58.2 Å². The Balaban J connectivity index is 1.81. The molecule has 0 aliphatic carbocycles. The molecule has 0 spiro atoms. The van der Waals surface area contributed by atoms with E-state index in [2.05, 4.69) is 66.0 Å². The molecule has 3 N–H and O–H groups in total. The third-order valence-corrected chi connectivity index (χ3v) is 7.26. The van der Waals surface area contributed by atoms with Crippen LogP contribution in [0.2, 0.25) is 0 Å². The van der Waals surface area contributed by atoms with Gasteiger partial charge in [-0.1, -0.05) is 30.3 Å². The second kappa shape index (κ2) is 10.4. The number of aliphatic imine (C=N–C) groups is 1. The van der Waals surface area contributed by atoms with Crippen molar-refractivity contribution in [2.24, 2.45) is 4.99 Å². The Morgan fingerprint density at radius 2 is 1.86 bits per heavy atom. The van der Waals surface area contributed by atoms with Crippen LogP contribution in [0.15, 0.2) is 35.3 Å². The SMILES string of the molecule is CCS(=O)(=O)N1CCC(NC(=NC)NCC(C)(C)NC(C)c2ccccc2)CC1. The van der Waals surface area contributed by atoms with Gasteiger partial charge in [0.05, 0.1) is 5.75 Å². The summed E-state index contributed by atoms with van der Waals surface area (Å²) in [5, 5.41) is 10.5. The number of guanidine groups is 1. The Morgan fingerprint density at radius 3 is 2.41 bits per heavy atom. The summed E-state index contributed by atoms with van der Waals surface area (Å²) in [5.74, 6) is 0.918. The highest BCUT2D eigenvalue weighted by Crippen LogP contribution is 2.16. The maximum atomic E-state index is 12.0. The lowest BCUT2D eigenvalue weighted by atomic mass is 10.0. The van der Waals surface area contributed by atoms with Gasteiger partial charge in [-0.3, -0.25) is 4.99 Å². The largest absolute Gasteiger partial charge is 0.355 e. The standard InChI is InChI=1S/C21H37N5O2S/c1-6-29(27,28)26-14-12-19(13-15-26)24-20(22-5)23-16-21(3,4)25-17(2)18-10-8-7-9-11-18/h7-11,17,19,25H,6,12-16H2,1-5H3,(H2,22,23,24). The first-order chi connectivity index (χ1) is 13.7. The lowest BCUT2D eigenvalue weighted by molar-refractivity contribution is 0.304. The minimum absolute atomic E-state index is 0.133. The molecule has 0 bridgehead atoms. The molecule has 7 nitrogen and oxygen atoms in total. The van der Waals surface area contributed by atoms with Gasteiger partial charge in [0.1, 0.15) is 0 Å². The molecule has 1 saturated heterocycles. The zero-order chi connectivity index (χ0) is 21.5. The molecular weight excluding hydrogens is 386 g/mol. The third kappa shape index (κ3) is 7.28. The van der Waals surface area contributed by atoms with E-state index < -0.39 is 10.0 Å². The lowest BCUT2D eigenvalue weighted by Crippen LogP contribution is -2.54. The van der Waals surface area contributed by atoms with Crippen molar-refractivity contribution in [3.63, 3.8) is 0 Å². The monoisotopic (exact) mass is 423 g/mol. The van der Waals surface area contributed by atoms with Crippen LogP contribution in [-0.4, -0.2) is 62.7 Å². The summed E-state index contributed by atoms with van der Waals surface area (Å²) in [5.41, 5.74) is 1.13. The number of nitrogens with zero attached hydrogens (tertiary/aromatic N) is 2. The van der Waals surface area contributed by atoms with E-state index in [0.29, 0.717) is 19.6 Å². The molecular formula is C21H37N5O2S. The first kappa shape index (κ1) is 23.6. The number of sulfonamides is 1. The smallest absolute Gasteiger partial charge is 0.213 e. The Labute approximate surface area is 176 Å². The Kier molecular flexibility index (Phi) is 8.48. The minimum Gasteiger partial charge on any atom is -0.355 e. The Morgan fingerprint density at radius 1 is 1.24 bits per heavy atom. The first-order valence-corrected chi connectivity index (χ1v) is 12.1. The number of benzene rings is 1. The summed E-state index contributed by atoms with van der Waals surface area (Å²) in [7, 11) is -1.33. The van der Waals surface area contributed by atoms with Gasteiger partial charge in [-0.05, 0) is 46.1 Å². The number of nitrogens with one attached hydrogen (secondary N) is 3. The van der Waals surface area contributed by atoms with Crippen LogP contribution in [0.25, 0.3) is 0 Å². The molecule has 0 amide bonds. The molecule has 0 saturated carbocycles. The average molecular weight is 424 g/mol. The van der Waals surface area contributed by atoms with Gasteiger partial charge < -0.3 is 16.0 Å². The minimum atomic E-state index is -3.09. The molecule has 1 aromatic rings. The summed E-state index contributed by atoms with van der Waals surface area (Å²) >= 11 is 0. The van der Waals surface area contributed by atoms with E-state index in [1.807, 2.05) is 6.07 Å². The van der Waals surface area contributed by atoms with Gasteiger partial charge >= 0.3 is 0 Å². The van der Waals surface area contributed by atoms with Crippen LogP contribution < -0.4 is 16.0 Å². The molecule has 0 aromatic heterocycles. The average Bonchev–Trinajstić information content (AvgIpc) is 2.71. The van der Waals surface area contributed by atoms with Crippen molar-refractivity contribution in [3.05, 3.63) is 35.9 Å². The summed E-state index contributed by atoms with van der Waals surface area (Å²) in [4.78, 5) is 4.34. The normalized spacial score (nSPS) is 18.4. The van der Waals surface area contributed by atoms with Crippen LogP contribution in [0, 0.1) is 0 Å². The first-order valence-electron chi connectivity index (χ1n) is 10.4. The Bertz CT molecular complexity index is 757. The predicted molar refractivity (Wildman–Crippen MR) is 121 cm³/mol. The van der Waals surface area contributed by atoms with Crippen LogP contribution in [0.4, 0.5) is 0 Å². The fourth-order valence-electron chi connectivity index (χ4n) is 3.62. The highest BCUT2D eigenvalue weighted by atomic mass is 32.2. The summed E-state index contributed by atoms with van der Waals surface area (Å²) < 4.78 is 25.6. The fourth-order valence-corrected chi connectivity index (χ4v) is 4.75. The number of hydrogen-bond donors (Lipinski definition) is 3. The third-order valence-electron chi connectivity index (χ3n) is 5.38. The molecule has 1 atom stereocenters. The molecule has 2 rings (SSSR count).